The molecule has 0 fully saturated rings. The predicted octanol–water partition coefficient (Wildman–Crippen LogP) is -0.412. The lowest BCUT2D eigenvalue weighted by molar-refractivity contribution is -0.139. The van der Waals surface area contributed by atoms with Crippen molar-refractivity contribution in [3.8, 4) is 0 Å². The molecule has 0 unspecified atom stereocenters. The fraction of sp³-hybridized carbons (Fsp3) is 0.333. The summed E-state index contributed by atoms with van der Waals surface area (Å²) in [6.07, 6.45) is 3.46. The Morgan fingerprint density at radius 1 is 0.692 bits per heavy atom. The molecule has 0 aliphatic heterocycles. The lowest BCUT2D eigenvalue weighted by Gasteiger charge is -2.08. The van der Waals surface area contributed by atoms with E-state index in [1.165, 1.54) is 0 Å². The lowest BCUT2D eigenvalue weighted by Crippen LogP contribution is -2.43. The third kappa shape index (κ3) is 7.82. The van der Waals surface area contributed by atoms with Gasteiger partial charge in [-0.2, -0.15) is 0 Å². The molecule has 0 aliphatic rings. The number of rotatable bonds is 10. The van der Waals surface area contributed by atoms with Gasteiger partial charge in [0.15, 0.2) is 0 Å². The van der Waals surface area contributed by atoms with E-state index in [1.54, 1.807) is 12.4 Å². The molecule has 2 heterocycles. The van der Waals surface area contributed by atoms with Crippen molar-refractivity contribution in [1.82, 2.24) is 31.2 Å². The second-order valence-corrected chi connectivity index (χ2v) is 5.51. The average Bonchev–Trinajstić information content (AvgIpc) is 2.68. The van der Waals surface area contributed by atoms with Crippen LogP contribution in [-0.4, -0.2) is 48.0 Å². The van der Waals surface area contributed by atoms with Gasteiger partial charge in [0.2, 0.25) is 0 Å². The van der Waals surface area contributed by atoms with Crippen LogP contribution >= 0.6 is 0 Å². The zero-order chi connectivity index (χ0) is 18.5. The third-order valence-electron chi connectivity index (χ3n) is 3.45. The van der Waals surface area contributed by atoms with Crippen LogP contribution in [0.4, 0.5) is 0 Å². The number of hydrogen-bond acceptors (Lipinski definition) is 6. The Balaban J connectivity index is 1.47. The first-order valence-electron chi connectivity index (χ1n) is 8.53. The van der Waals surface area contributed by atoms with Gasteiger partial charge in [-0.1, -0.05) is 12.1 Å². The molecular weight excluding hydrogens is 332 g/mol. The number of nitrogens with zero attached hydrogens (tertiary/aromatic N) is 2. The van der Waals surface area contributed by atoms with E-state index < -0.39 is 11.8 Å². The molecule has 0 aliphatic carbocycles. The molecule has 0 spiro atoms. The molecule has 2 rings (SSSR count). The number of nitrogens with one attached hydrogen (secondary N) is 4. The van der Waals surface area contributed by atoms with Gasteiger partial charge in [0.1, 0.15) is 0 Å². The van der Waals surface area contributed by atoms with Gasteiger partial charge in [0, 0.05) is 51.7 Å². The molecule has 4 N–H and O–H groups in total. The van der Waals surface area contributed by atoms with Crippen molar-refractivity contribution in [2.75, 3.05) is 26.2 Å². The predicted molar refractivity (Wildman–Crippen MR) is 97.9 cm³/mol. The topological polar surface area (TPSA) is 108 Å². The standard InChI is InChI=1S/C18H24N6O2/c25-17(23-11-9-19-13-15-5-1-3-7-21-15)18(26)24-12-10-20-14-16-6-2-4-8-22-16/h1-8,19-20H,9-14H2,(H,23,25)(H,24,26). The first kappa shape index (κ1) is 19.5. The summed E-state index contributed by atoms with van der Waals surface area (Å²) in [6.45, 7) is 3.09. The molecule has 8 nitrogen and oxygen atoms in total. The molecule has 0 aromatic carbocycles. The van der Waals surface area contributed by atoms with E-state index in [9.17, 15) is 9.59 Å². The van der Waals surface area contributed by atoms with Crippen LogP contribution in [0.2, 0.25) is 0 Å². The van der Waals surface area contributed by atoms with Gasteiger partial charge < -0.3 is 21.3 Å². The summed E-state index contributed by atoms with van der Waals surface area (Å²) < 4.78 is 0. The highest BCUT2D eigenvalue weighted by atomic mass is 16.2. The quantitative estimate of drug-likeness (QED) is 0.340. The average molecular weight is 356 g/mol. The molecule has 0 radical (unpaired) electrons. The molecule has 0 bridgehead atoms. The highest BCUT2D eigenvalue weighted by Crippen LogP contribution is 1.91. The fourth-order valence-corrected chi connectivity index (χ4v) is 2.13. The maximum absolute atomic E-state index is 11.7. The normalized spacial score (nSPS) is 10.3. The van der Waals surface area contributed by atoms with Crippen molar-refractivity contribution in [3.63, 3.8) is 0 Å². The maximum Gasteiger partial charge on any atom is 0.309 e. The number of pyridine rings is 2. The summed E-state index contributed by atoms with van der Waals surface area (Å²) >= 11 is 0. The summed E-state index contributed by atoms with van der Waals surface area (Å²) in [6, 6.07) is 11.4. The molecule has 0 saturated heterocycles. The minimum atomic E-state index is -0.630. The van der Waals surface area contributed by atoms with E-state index in [0.717, 1.165) is 11.4 Å². The Hall–Kier alpha value is -2.84. The Morgan fingerprint density at radius 2 is 1.15 bits per heavy atom. The fourth-order valence-electron chi connectivity index (χ4n) is 2.13. The smallest absolute Gasteiger partial charge is 0.309 e. The molecule has 138 valence electrons. The monoisotopic (exact) mass is 356 g/mol. The minimum Gasteiger partial charge on any atom is -0.347 e. The van der Waals surface area contributed by atoms with Crippen LogP contribution in [-0.2, 0) is 22.7 Å². The largest absolute Gasteiger partial charge is 0.347 e. The highest BCUT2D eigenvalue weighted by molar-refractivity contribution is 6.35. The summed E-state index contributed by atoms with van der Waals surface area (Å²) in [4.78, 5) is 31.7. The van der Waals surface area contributed by atoms with Crippen LogP contribution < -0.4 is 21.3 Å². The Labute approximate surface area is 152 Å². The van der Waals surface area contributed by atoms with E-state index >= 15 is 0 Å². The van der Waals surface area contributed by atoms with Crippen LogP contribution in [0.25, 0.3) is 0 Å². The molecule has 8 heteroatoms. The van der Waals surface area contributed by atoms with Gasteiger partial charge >= 0.3 is 11.8 Å². The van der Waals surface area contributed by atoms with Crippen molar-refractivity contribution >= 4 is 11.8 Å². The first-order chi connectivity index (χ1) is 12.8. The van der Waals surface area contributed by atoms with Crippen molar-refractivity contribution < 1.29 is 9.59 Å². The first-order valence-corrected chi connectivity index (χ1v) is 8.53. The number of carbonyl (C=O) groups is 2. The van der Waals surface area contributed by atoms with Crippen LogP contribution in [0.5, 0.6) is 0 Å². The van der Waals surface area contributed by atoms with Crippen molar-refractivity contribution in [2.24, 2.45) is 0 Å². The van der Waals surface area contributed by atoms with Gasteiger partial charge in [-0.3, -0.25) is 19.6 Å². The van der Waals surface area contributed by atoms with Crippen molar-refractivity contribution in [2.45, 2.75) is 13.1 Å². The molecule has 2 aromatic heterocycles. The summed E-state index contributed by atoms with van der Waals surface area (Å²) in [5, 5.41) is 11.4. The molecule has 2 aromatic rings. The maximum atomic E-state index is 11.7. The number of carbonyl (C=O) groups excluding carboxylic acids is 2. The van der Waals surface area contributed by atoms with Gasteiger partial charge in [-0.05, 0) is 24.3 Å². The highest BCUT2D eigenvalue weighted by Gasteiger charge is 2.11. The van der Waals surface area contributed by atoms with Crippen molar-refractivity contribution in [3.05, 3.63) is 60.2 Å². The molecule has 26 heavy (non-hydrogen) atoms. The van der Waals surface area contributed by atoms with E-state index in [1.807, 2.05) is 36.4 Å². The van der Waals surface area contributed by atoms with Crippen LogP contribution in [0.3, 0.4) is 0 Å². The summed E-state index contributed by atoms with van der Waals surface area (Å²) in [7, 11) is 0. The van der Waals surface area contributed by atoms with E-state index in [0.29, 0.717) is 39.3 Å². The Kier molecular flexibility index (Phi) is 8.74. The van der Waals surface area contributed by atoms with Gasteiger partial charge in [0.25, 0.3) is 0 Å². The summed E-state index contributed by atoms with van der Waals surface area (Å²) in [5.74, 6) is -1.26. The lowest BCUT2D eigenvalue weighted by atomic mass is 10.3. The number of amides is 2. The molecule has 0 atom stereocenters. The number of hydrogen-bond donors (Lipinski definition) is 4. The Morgan fingerprint density at radius 3 is 1.54 bits per heavy atom. The van der Waals surface area contributed by atoms with Crippen LogP contribution in [0, 0.1) is 0 Å². The van der Waals surface area contributed by atoms with Gasteiger partial charge in [-0.15, -0.1) is 0 Å². The van der Waals surface area contributed by atoms with Gasteiger partial charge in [0.05, 0.1) is 11.4 Å². The molecular formula is C18H24N6O2. The molecule has 0 saturated carbocycles. The van der Waals surface area contributed by atoms with Crippen LogP contribution in [0.15, 0.2) is 48.8 Å². The number of aromatic nitrogens is 2. The second-order valence-electron chi connectivity index (χ2n) is 5.51. The van der Waals surface area contributed by atoms with E-state index in [4.69, 9.17) is 0 Å². The van der Waals surface area contributed by atoms with Crippen molar-refractivity contribution in [1.29, 1.82) is 0 Å². The van der Waals surface area contributed by atoms with E-state index in [-0.39, 0.29) is 0 Å². The summed E-state index contributed by atoms with van der Waals surface area (Å²) in [5.41, 5.74) is 1.85. The second kappa shape index (κ2) is 11.7. The minimum absolute atomic E-state index is 0.372. The van der Waals surface area contributed by atoms with E-state index in [2.05, 4.69) is 31.2 Å². The molecule has 2 amide bonds. The third-order valence-corrected chi connectivity index (χ3v) is 3.45. The zero-order valence-electron chi connectivity index (χ0n) is 14.6. The van der Waals surface area contributed by atoms with Gasteiger partial charge in [-0.25, -0.2) is 0 Å². The Bertz CT molecular complexity index is 606. The SMILES string of the molecule is O=C(NCCNCc1ccccn1)C(=O)NCCNCc1ccccn1. The zero-order valence-corrected chi connectivity index (χ0v) is 14.6. The van der Waals surface area contributed by atoms with Crippen LogP contribution in [0.1, 0.15) is 11.4 Å².